The molecular weight excluding hydrogens is 354 g/mol. The molecular formula is C22H23N3OS. The van der Waals surface area contributed by atoms with Gasteiger partial charge in [-0.2, -0.15) is 0 Å². The minimum Gasteiger partial charge on any atom is -0.296 e. The van der Waals surface area contributed by atoms with Crippen LogP contribution < -0.4 is 5.32 Å². The van der Waals surface area contributed by atoms with E-state index in [1.165, 1.54) is 11.3 Å². The Labute approximate surface area is 164 Å². The number of hydrogen-bond donors (Lipinski definition) is 1. The van der Waals surface area contributed by atoms with Gasteiger partial charge >= 0.3 is 0 Å². The van der Waals surface area contributed by atoms with Crippen LogP contribution in [0.4, 0.5) is 5.13 Å². The number of amides is 1. The molecule has 4 nitrogen and oxygen atoms in total. The number of nitrogens with one attached hydrogen (secondary N) is 1. The molecule has 3 rings (SSSR count). The van der Waals surface area contributed by atoms with Crippen molar-refractivity contribution in [2.45, 2.75) is 32.6 Å². The fraction of sp³-hybridized carbons (Fsp3) is 0.227. The summed E-state index contributed by atoms with van der Waals surface area (Å²) in [6.45, 7) is 6.38. The first-order valence-electron chi connectivity index (χ1n) is 8.97. The Morgan fingerprint density at radius 1 is 1.04 bits per heavy atom. The Bertz CT molecular complexity index is 930. The van der Waals surface area contributed by atoms with Crippen molar-refractivity contribution in [2.75, 3.05) is 5.32 Å². The Kier molecular flexibility index (Phi) is 5.81. The Morgan fingerprint density at radius 3 is 2.30 bits per heavy atom. The number of aromatic nitrogens is 2. The van der Waals surface area contributed by atoms with Crippen LogP contribution in [0.15, 0.2) is 60.7 Å². The van der Waals surface area contributed by atoms with E-state index in [1.54, 1.807) is 0 Å². The van der Waals surface area contributed by atoms with E-state index in [9.17, 15) is 4.79 Å². The molecule has 3 aromatic rings. The molecule has 0 aliphatic rings. The van der Waals surface area contributed by atoms with Crippen LogP contribution >= 0.6 is 11.3 Å². The van der Waals surface area contributed by atoms with Crippen molar-refractivity contribution in [3.63, 3.8) is 0 Å². The molecule has 0 aliphatic carbocycles. The van der Waals surface area contributed by atoms with Crippen LogP contribution in [0, 0.1) is 0 Å². The summed E-state index contributed by atoms with van der Waals surface area (Å²) in [5.74, 6) is -0.193. The molecule has 1 heterocycles. The fourth-order valence-electron chi connectivity index (χ4n) is 2.48. The van der Waals surface area contributed by atoms with Crippen molar-refractivity contribution in [2.24, 2.45) is 0 Å². The monoisotopic (exact) mass is 377 g/mol. The number of anilines is 1. The third kappa shape index (κ3) is 4.68. The summed E-state index contributed by atoms with van der Waals surface area (Å²) >= 11 is 1.43. The van der Waals surface area contributed by atoms with E-state index in [-0.39, 0.29) is 11.3 Å². The van der Waals surface area contributed by atoms with Crippen LogP contribution in [0.25, 0.3) is 11.6 Å². The number of benzene rings is 2. The van der Waals surface area contributed by atoms with Crippen LogP contribution in [0.2, 0.25) is 0 Å². The lowest BCUT2D eigenvalue weighted by Gasteiger charge is -2.17. The van der Waals surface area contributed by atoms with E-state index in [0.717, 1.165) is 22.6 Å². The molecule has 1 aromatic heterocycles. The molecule has 0 saturated carbocycles. The molecule has 0 saturated heterocycles. The lowest BCUT2D eigenvalue weighted by atomic mass is 9.91. The van der Waals surface area contributed by atoms with Crippen molar-refractivity contribution >= 4 is 34.0 Å². The van der Waals surface area contributed by atoms with Gasteiger partial charge in [-0.05, 0) is 23.6 Å². The van der Waals surface area contributed by atoms with E-state index >= 15 is 0 Å². The van der Waals surface area contributed by atoms with Crippen molar-refractivity contribution < 1.29 is 4.79 Å². The summed E-state index contributed by atoms with van der Waals surface area (Å²) in [6.07, 6.45) is 2.85. The molecule has 27 heavy (non-hydrogen) atoms. The average molecular weight is 378 g/mol. The molecule has 1 amide bonds. The van der Waals surface area contributed by atoms with E-state index in [0.29, 0.717) is 10.7 Å². The fourth-order valence-corrected chi connectivity index (χ4v) is 3.39. The summed E-state index contributed by atoms with van der Waals surface area (Å²) in [5.41, 5.74) is 2.37. The average Bonchev–Trinajstić information content (AvgIpc) is 3.17. The Balaban J connectivity index is 1.89. The van der Waals surface area contributed by atoms with Crippen molar-refractivity contribution in [3.05, 3.63) is 76.8 Å². The van der Waals surface area contributed by atoms with Gasteiger partial charge in [0, 0.05) is 11.0 Å². The number of carbonyl (C=O) groups is 1. The molecule has 0 spiro atoms. The molecule has 0 unspecified atom stereocenters. The normalized spacial score (nSPS) is 12.0. The molecule has 5 heteroatoms. The van der Waals surface area contributed by atoms with Crippen molar-refractivity contribution in [3.8, 4) is 0 Å². The molecule has 138 valence electrons. The maximum Gasteiger partial charge on any atom is 0.258 e. The van der Waals surface area contributed by atoms with Gasteiger partial charge in [-0.3, -0.25) is 10.1 Å². The van der Waals surface area contributed by atoms with Gasteiger partial charge in [0.05, 0.1) is 0 Å². The second kappa shape index (κ2) is 8.27. The highest BCUT2D eigenvalue weighted by molar-refractivity contribution is 7.15. The Hall–Kier alpha value is -2.79. The summed E-state index contributed by atoms with van der Waals surface area (Å²) < 4.78 is 0. The summed E-state index contributed by atoms with van der Waals surface area (Å²) in [7, 11) is 0. The second-order valence-electron chi connectivity index (χ2n) is 6.94. The van der Waals surface area contributed by atoms with Crippen LogP contribution in [0.3, 0.4) is 0 Å². The van der Waals surface area contributed by atoms with Crippen LogP contribution in [0.1, 0.15) is 43.3 Å². The second-order valence-corrected chi connectivity index (χ2v) is 7.92. The minimum atomic E-state index is -0.193. The quantitative estimate of drug-likeness (QED) is 0.462. The molecule has 0 fully saturated rings. The highest BCUT2D eigenvalue weighted by Gasteiger charge is 2.24. The number of nitrogens with zero attached hydrogens (tertiary/aromatic N) is 2. The number of rotatable bonds is 6. The van der Waals surface area contributed by atoms with Gasteiger partial charge in [0.2, 0.25) is 5.13 Å². The van der Waals surface area contributed by atoms with Crippen molar-refractivity contribution in [1.82, 2.24) is 10.2 Å². The third-order valence-corrected chi connectivity index (χ3v) is 5.75. The molecule has 0 radical (unpaired) electrons. The first-order valence-corrected chi connectivity index (χ1v) is 9.79. The van der Waals surface area contributed by atoms with Crippen LogP contribution in [-0.4, -0.2) is 16.1 Å². The molecule has 0 aliphatic heterocycles. The SMILES string of the molecule is CCC(C)(C)c1nnc(NC(=O)/C(=C/c2ccccc2)c2ccccc2)s1. The van der Waals surface area contributed by atoms with Gasteiger partial charge in [0.15, 0.2) is 0 Å². The van der Waals surface area contributed by atoms with Gasteiger partial charge in [0.1, 0.15) is 5.01 Å². The standard InChI is InChI=1S/C22H23N3OS/c1-4-22(2,3)20-24-25-21(27-20)23-19(26)18(17-13-9-6-10-14-17)15-16-11-7-5-8-12-16/h5-15H,4H2,1-3H3,(H,23,25,26)/b18-15+. The van der Waals surface area contributed by atoms with Crippen LogP contribution in [-0.2, 0) is 10.2 Å². The smallest absolute Gasteiger partial charge is 0.258 e. The number of carbonyl (C=O) groups excluding carboxylic acids is 1. The molecule has 1 N–H and O–H groups in total. The topological polar surface area (TPSA) is 54.9 Å². The number of hydrogen-bond acceptors (Lipinski definition) is 4. The maximum atomic E-state index is 13.0. The zero-order chi connectivity index (χ0) is 19.3. The summed E-state index contributed by atoms with van der Waals surface area (Å²) in [4.78, 5) is 13.0. The molecule has 0 atom stereocenters. The van der Waals surface area contributed by atoms with Gasteiger partial charge in [-0.15, -0.1) is 10.2 Å². The highest BCUT2D eigenvalue weighted by atomic mass is 32.1. The van der Waals surface area contributed by atoms with Crippen LogP contribution in [0.5, 0.6) is 0 Å². The third-order valence-electron chi connectivity index (χ3n) is 4.55. The lowest BCUT2D eigenvalue weighted by Crippen LogP contribution is -2.14. The highest BCUT2D eigenvalue weighted by Crippen LogP contribution is 2.31. The lowest BCUT2D eigenvalue weighted by molar-refractivity contribution is -0.111. The predicted octanol–water partition coefficient (Wildman–Crippen LogP) is 5.41. The minimum absolute atomic E-state index is 0.0528. The van der Waals surface area contributed by atoms with E-state index in [4.69, 9.17) is 0 Å². The largest absolute Gasteiger partial charge is 0.296 e. The first-order chi connectivity index (χ1) is 13.0. The zero-order valence-corrected chi connectivity index (χ0v) is 16.6. The summed E-state index contributed by atoms with van der Waals surface area (Å²) in [6, 6.07) is 19.5. The van der Waals surface area contributed by atoms with Gasteiger partial charge in [-0.25, -0.2) is 0 Å². The van der Waals surface area contributed by atoms with E-state index < -0.39 is 0 Å². The predicted molar refractivity (Wildman–Crippen MR) is 113 cm³/mol. The Morgan fingerprint density at radius 2 is 1.67 bits per heavy atom. The van der Waals surface area contributed by atoms with Gasteiger partial charge in [0.25, 0.3) is 5.91 Å². The van der Waals surface area contributed by atoms with Crippen molar-refractivity contribution in [1.29, 1.82) is 0 Å². The van der Waals surface area contributed by atoms with Gasteiger partial charge < -0.3 is 0 Å². The van der Waals surface area contributed by atoms with E-state index in [1.807, 2.05) is 66.7 Å². The van der Waals surface area contributed by atoms with E-state index in [2.05, 4.69) is 36.3 Å². The first kappa shape index (κ1) is 19.0. The van der Waals surface area contributed by atoms with Gasteiger partial charge in [-0.1, -0.05) is 92.8 Å². The molecule has 0 bridgehead atoms. The molecule has 2 aromatic carbocycles. The zero-order valence-electron chi connectivity index (χ0n) is 15.8. The maximum absolute atomic E-state index is 13.0. The summed E-state index contributed by atoms with van der Waals surface area (Å²) in [5, 5.41) is 12.8.